The summed E-state index contributed by atoms with van der Waals surface area (Å²) in [6.45, 7) is 0.435. The van der Waals surface area contributed by atoms with Crippen LogP contribution in [0.4, 0.5) is 0 Å². The van der Waals surface area contributed by atoms with Crippen LogP contribution in [0.25, 0.3) is 0 Å². The number of carboxylic acid groups (broad SMARTS) is 3. The van der Waals surface area contributed by atoms with Gasteiger partial charge in [0, 0.05) is 6.42 Å². The van der Waals surface area contributed by atoms with Gasteiger partial charge in [-0.2, -0.15) is 0 Å². The first-order valence-electron chi connectivity index (χ1n) is 11.1. The molecule has 16 nitrogen and oxygen atoms in total. The highest BCUT2D eigenvalue weighted by Gasteiger charge is 2.28. The molecule has 10 N–H and O–H groups in total. The molecule has 0 aromatic heterocycles. The minimum atomic E-state index is -1.67. The van der Waals surface area contributed by atoms with Gasteiger partial charge in [-0.05, 0) is 24.6 Å². The van der Waals surface area contributed by atoms with Crippen molar-refractivity contribution in [2.24, 2.45) is 5.73 Å². The Morgan fingerprint density at radius 2 is 1.37 bits per heavy atom. The molecule has 0 saturated carbocycles. The molecule has 0 unspecified atom stereocenters. The second-order valence-corrected chi connectivity index (χ2v) is 8.14. The molecule has 0 saturated heterocycles. The van der Waals surface area contributed by atoms with Crippen molar-refractivity contribution >= 4 is 41.5 Å². The summed E-state index contributed by atoms with van der Waals surface area (Å²) in [5.41, 5.74) is 5.90. The number of aromatic hydroxyl groups is 1. The molecule has 4 amide bonds. The molecule has 1 aromatic rings. The molecule has 0 heterocycles. The minimum Gasteiger partial charge on any atom is -0.508 e. The average Bonchev–Trinajstić information content (AvgIpc) is 2.81. The maximum atomic E-state index is 12.5. The number of benzene rings is 1. The Kier molecular flexibility index (Phi) is 12.1. The van der Waals surface area contributed by atoms with E-state index in [0.717, 1.165) is 0 Å². The highest BCUT2D eigenvalue weighted by Crippen LogP contribution is 2.11. The molecule has 38 heavy (non-hydrogen) atoms. The number of carbonyl (C=O) groups excluding carboxylic acids is 4. The summed E-state index contributed by atoms with van der Waals surface area (Å²) in [6, 6.07) is -0.242. The number of hydrogen-bond donors (Lipinski definition) is 9. The van der Waals surface area contributed by atoms with Gasteiger partial charge >= 0.3 is 17.9 Å². The smallest absolute Gasteiger partial charge is 0.326 e. The van der Waals surface area contributed by atoms with Crippen molar-refractivity contribution in [2.75, 3.05) is 6.54 Å². The van der Waals surface area contributed by atoms with E-state index < -0.39 is 85.1 Å². The number of nitrogens with one attached hydrogen (secondary N) is 4. The van der Waals surface area contributed by atoms with E-state index in [0.29, 0.717) is 5.56 Å². The van der Waals surface area contributed by atoms with Crippen LogP contribution in [0.15, 0.2) is 24.3 Å². The fraction of sp³-hybridized carbons (Fsp3) is 0.409. The first-order valence-corrected chi connectivity index (χ1v) is 11.1. The Hall–Kier alpha value is -4.73. The van der Waals surface area contributed by atoms with Crippen LogP contribution < -0.4 is 27.0 Å². The summed E-state index contributed by atoms with van der Waals surface area (Å²) in [5.74, 6) is -8.18. The molecule has 4 atom stereocenters. The summed E-state index contributed by atoms with van der Waals surface area (Å²) >= 11 is 0. The molecule has 1 aromatic carbocycles. The lowest BCUT2D eigenvalue weighted by Crippen LogP contribution is -2.56. The van der Waals surface area contributed by atoms with Crippen molar-refractivity contribution in [3.8, 4) is 5.75 Å². The van der Waals surface area contributed by atoms with E-state index in [2.05, 4.69) is 21.3 Å². The third-order valence-corrected chi connectivity index (χ3v) is 4.93. The molecule has 0 fully saturated rings. The number of carbonyl (C=O) groups is 7. The maximum absolute atomic E-state index is 12.5. The van der Waals surface area contributed by atoms with Crippen LogP contribution in [0.2, 0.25) is 0 Å². The normalized spacial score (nSPS) is 13.6. The fourth-order valence-corrected chi connectivity index (χ4v) is 2.95. The van der Waals surface area contributed by atoms with Crippen LogP contribution in [0.3, 0.4) is 0 Å². The van der Waals surface area contributed by atoms with E-state index in [9.17, 15) is 43.8 Å². The molecule has 0 bridgehead atoms. The van der Waals surface area contributed by atoms with Crippen molar-refractivity contribution in [3.63, 3.8) is 0 Å². The van der Waals surface area contributed by atoms with Gasteiger partial charge in [0.2, 0.25) is 23.6 Å². The quantitative estimate of drug-likeness (QED) is 0.107. The summed E-state index contributed by atoms with van der Waals surface area (Å²) < 4.78 is 0. The average molecular weight is 539 g/mol. The van der Waals surface area contributed by atoms with E-state index in [1.807, 2.05) is 0 Å². The van der Waals surface area contributed by atoms with Gasteiger partial charge in [0.15, 0.2) is 0 Å². The zero-order valence-corrected chi connectivity index (χ0v) is 20.2. The van der Waals surface area contributed by atoms with Crippen molar-refractivity contribution < 1.29 is 54.0 Å². The predicted octanol–water partition coefficient (Wildman–Crippen LogP) is -3.11. The molecule has 0 aliphatic carbocycles. The zero-order chi connectivity index (χ0) is 29.0. The van der Waals surface area contributed by atoms with Crippen molar-refractivity contribution in [1.29, 1.82) is 0 Å². The summed E-state index contributed by atoms with van der Waals surface area (Å²) in [7, 11) is 0. The monoisotopic (exact) mass is 539 g/mol. The van der Waals surface area contributed by atoms with Crippen LogP contribution in [0.5, 0.6) is 5.75 Å². The second kappa shape index (κ2) is 14.7. The van der Waals surface area contributed by atoms with Crippen LogP contribution in [-0.4, -0.2) is 92.7 Å². The summed E-state index contributed by atoms with van der Waals surface area (Å²) in [5, 5.41) is 45.0. The Balaban J connectivity index is 2.71. The van der Waals surface area contributed by atoms with Gasteiger partial charge in [0.25, 0.3) is 0 Å². The number of nitrogens with two attached hydrogens (primary N) is 1. The largest absolute Gasteiger partial charge is 0.508 e. The third-order valence-electron chi connectivity index (χ3n) is 4.93. The van der Waals surface area contributed by atoms with Crippen LogP contribution >= 0.6 is 0 Å². The Morgan fingerprint density at radius 1 is 0.789 bits per heavy atom. The molecule has 0 spiro atoms. The van der Waals surface area contributed by atoms with E-state index in [4.69, 9.17) is 15.9 Å². The molecule has 0 radical (unpaired) electrons. The van der Waals surface area contributed by atoms with Crippen molar-refractivity contribution in [3.05, 3.63) is 29.8 Å². The standard InChI is InChI=1S/C22H29N5O11/c1-10(25-20(35)13(23)7-17(30)31)19(34)27-14(8-18(32)33)21(36)24-9-16(29)26-15(22(37)38)6-11-2-4-12(28)5-3-11/h2-5,10,13-15,28H,6-9,23H2,1H3,(H,24,36)(H,25,35)(H,26,29)(H,27,34)(H,30,31)(H,32,33)(H,37,38)/t10-,13-,14-,15-/m0/s1. The Labute approximate surface area is 215 Å². The first-order chi connectivity index (χ1) is 17.7. The maximum Gasteiger partial charge on any atom is 0.326 e. The lowest BCUT2D eigenvalue weighted by atomic mass is 10.1. The van der Waals surface area contributed by atoms with E-state index in [1.165, 1.54) is 31.2 Å². The van der Waals surface area contributed by atoms with Gasteiger partial charge in [-0.3, -0.25) is 28.8 Å². The summed E-state index contributed by atoms with van der Waals surface area (Å²) in [6.07, 6.45) is -1.73. The van der Waals surface area contributed by atoms with E-state index in [1.54, 1.807) is 0 Å². The third kappa shape index (κ3) is 11.3. The molecule has 16 heteroatoms. The molecule has 0 aliphatic heterocycles. The van der Waals surface area contributed by atoms with Crippen molar-refractivity contribution in [2.45, 2.75) is 50.4 Å². The number of hydrogen-bond acceptors (Lipinski definition) is 9. The van der Waals surface area contributed by atoms with Crippen LogP contribution in [0, 0.1) is 0 Å². The Bertz CT molecular complexity index is 1060. The van der Waals surface area contributed by atoms with E-state index >= 15 is 0 Å². The summed E-state index contributed by atoms with van der Waals surface area (Å²) in [4.78, 5) is 82.2. The van der Waals surface area contributed by atoms with Gasteiger partial charge < -0.3 is 47.4 Å². The van der Waals surface area contributed by atoms with Crippen LogP contribution in [-0.2, 0) is 40.0 Å². The number of phenolic OH excluding ortho intramolecular Hbond substituents is 1. The van der Waals surface area contributed by atoms with E-state index in [-0.39, 0.29) is 12.2 Å². The lowest BCUT2D eigenvalue weighted by molar-refractivity contribution is -0.142. The number of rotatable bonds is 15. The van der Waals surface area contributed by atoms with Crippen molar-refractivity contribution in [1.82, 2.24) is 21.3 Å². The molecule has 0 aliphatic rings. The lowest BCUT2D eigenvalue weighted by Gasteiger charge is -2.21. The molecular formula is C22H29N5O11. The number of aliphatic carboxylic acids is 3. The number of amides is 4. The van der Waals surface area contributed by atoms with Gasteiger partial charge in [0.1, 0.15) is 23.9 Å². The van der Waals surface area contributed by atoms with Gasteiger partial charge in [0.05, 0.1) is 25.4 Å². The molecule has 1 rings (SSSR count). The van der Waals surface area contributed by atoms with Gasteiger partial charge in [-0.1, -0.05) is 12.1 Å². The first kappa shape index (κ1) is 31.3. The number of carboxylic acids is 3. The van der Waals surface area contributed by atoms with Gasteiger partial charge in [-0.25, -0.2) is 4.79 Å². The Morgan fingerprint density at radius 3 is 1.89 bits per heavy atom. The van der Waals surface area contributed by atoms with Gasteiger partial charge in [-0.15, -0.1) is 0 Å². The molecular weight excluding hydrogens is 510 g/mol. The second-order valence-electron chi connectivity index (χ2n) is 8.14. The predicted molar refractivity (Wildman–Crippen MR) is 126 cm³/mol. The zero-order valence-electron chi connectivity index (χ0n) is 20.2. The topological polar surface area (TPSA) is 275 Å². The fourth-order valence-electron chi connectivity index (χ4n) is 2.95. The minimum absolute atomic E-state index is 0.0334. The highest BCUT2D eigenvalue weighted by molar-refractivity contribution is 5.96. The molecule has 208 valence electrons. The van der Waals surface area contributed by atoms with Crippen LogP contribution in [0.1, 0.15) is 25.3 Å². The number of phenols is 1. The highest BCUT2D eigenvalue weighted by atomic mass is 16.4. The SMILES string of the molecule is C[C@H](NC(=O)[C@@H](N)CC(=O)O)C(=O)N[C@@H](CC(=O)O)C(=O)NCC(=O)N[C@@H](Cc1ccc(O)cc1)C(=O)O.